The molecule has 1 fully saturated rings. The number of nitrogens with one attached hydrogen (secondary N) is 1. The van der Waals surface area contributed by atoms with Crippen molar-refractivity contribution in [3.63, 3.8) is 0 Å². The molecule has 1 unspecified atom stereocenters. The number of nitrogens with zero attached hydrogens (tertiary/aromatic N) is 3. The molecule has 78 valence electrons. The van der Waals surface area contributed by atoms with Gasteiger partial charge in [0.25, 0.3) is 0 Å². The maximum Gasteiger partial charge on any atom is 0.205 e. The lowest BCUT2D eigenvalue weighted by molar-refractivity contribution is 0.277. The Kier molecular flexibility index (Phi) is 3.31. The van der Waals surface area contributed by atoms with Crippen LogP contribution in [-0.2, 0) is 0 Å². The van der Waals surface area contributed by atoms with Crippen LogP contribution in [-0.4, -0.2) is 40.8 Å². The summed E-state index contributed by atoms with van der Waals surface area (Å²) in [6.45, 7) is 5.63. The van der Waals surface area contributed by atoms with Crippen molar-refractivity contribution in [2.24, 2.45) is 0 Å². The number of rotatable bonds is 4. The Labute approximate surface area is 88.3 Å². The van der Waals surface area contributed by atoms with Gasteiger partial charge in [0.15, 0.2) is 0 Å². The van der Waals surface area contributed by atoms with Crippen molar-refractivity contribution in [1.82, 2.24) is 15.1 Å². The fourth-order valence-corrected chi connectivity index (χ4v) is 2.45. The van der Waals surface area contributed by atoms with Crippen molar-refractivity contribution < 1.29 is 0 Å². The molecular formula is C9H16N4S. The first-order valence-corrected chi connectivity index (χ1v) is 6.02. The smallest absolute Gasteiger partial charge is 0.205 e. The molecule has 4 nitrogen and oxygen atoms in total. The van der Waals surface area contributed by atoms with Crippen molar-refractivity contribution in [3.8, 4) is 0 Å². The molecule has 0 spiro atoms. The third-order valence-electron chi connectivity index (χ3n) is 2.75. The van der Waals surface area contributed by atoms with E-state index in [1.807, 2.05) is 0 Å². The second kappa shape index (κ2) is 4.70. The van der Waals surface area contributed by atoms with Crippen LogP contribution in [0.3, 0.4) is 0 Å². The molecule has 1 atom stereocenters. The minimum absolute atomic E-state index is 0.684. The highest BCUT2D eigenvalue weighted by atomic mass is 32.1. The van der Waals surface area contributed by atoms with Crippen molar-refractivity contribution >= 4 is 16.5 Å². The molecule has 1 aromatic heterocycles. The summed E-state index contributed by atoms with van der Waals surface area (Å²) in [7, 11) is 0. The van der Waals surface area contributed by atoms with E-state index in [2.05, 4.69) is 27.3 Å². The molecule has 2 rings (SSSR count). The van der Waals surface area contributed by atoms with Crippen LogP contribution in [0.1, 0.15) is 19.8 Å². The van der Waals surface area contributed by atoms with Gasteiger partial charge in [0.05, 0.1) is 0 Å². The first kappa shape index (κ1) is 9.86. The zero-order chi connectivity index (χ0) is 9.80. The number of hydrogen-bond donors (Lipinski definition) is 1. The number of anilines is 1. The van der Waals surface area contributed by atoms with Crippen molar-refractivity contribution in [2.75, 3.05) is 25.0 Å². The van der Waals surface area contributed by atoms with E-state index < -0.39 is 0 Å². The summed E-state index contributed by atoms with van der Waals surface area (Å²) in [5.41, 5.74) is 1.76. The zero-order valence-electron chi connectivity index (χ0n) is 8.44. The Morgan fingerprint density at radius 2 is 2.64 bits per heavy atom. The number of aromatic nitrogens is 2. The minimum Gasteiger partial charge on any atom is -0.359 e. The van der Waals surface area contributed by atoms with Crippen molar-refractivity contribution in [1.29, 1.82) is 0 Å². The second-order valence-electron chi connectivity index (χ2n) is 3.55. The summed E-state index contributed by atoms with van der Waals surface area (Å²) in [5.74, 6) is 0. The van der Waals surface area contributed by atoms with Gasteiger partial charge in [0.1, 0.15) is 5.51 Å². The highest BCUT2D eigenvalue weighted by Gasteiger charge is 2.22. The summed E-state index contributed by atoms with van der Waals surface area (Å²) < 4.78 is 0. The largest absolute Gasteiger partial charge is 0.359 e. The van der Waals surface area contributed by atoms with Crippen molar-refractivity contribution in [2.45, 2.75) is 25.8 Å². The highest BCUT2D eigenvalue weighted by molar-refractivity contribution is 7.13. The van der Waals surface area contributed by atoms with E-state index in [4.69, 9.17) is 0 Å². The Morgan fingerprint density at radius 1 is 1.71 bits per heavy atom. The molecule has 1 saturated heterocycles. The molecule has 0 aliphatic carbocycles. The zero-order valence-corrected chi connectivity index (χ0v) is 9.26. The van der Waals surface area contributed by atoms with Gasteiger partial charge in [0, 0.05) is 12.6 Å². The lowest BCUT2D eigenvalue weighted by Crippen LogP contribution is -2.34. The van der Waals surface area contributed by atoms with E-state index >= 15 is 0 Å². The van der Waals surface area contributed by atoms with E-state index in [1.165, 1.54) is 19.4 Å². The first-order chi connectivity index (χ1) is 6.90. The van der Waals surface area contributed by atoms with Gasteiger partial charge in [-0.2, -0.15) is 0 Å². The molecule has 1 aliphatic rings. The molecule has 1 aromatic rings. The van der Waals surface area contributed by atoms with Crippen LogP contribution in [0.25, 0.3) is 0 Å². The quantitative estimate of drug-likeness (QED) is 0.820. The predicted molar refractivity (Wildman–Crippen MR) is 58.7 cm³/mol. The van der Waals surface area contributed by atoms with E-state index in [-0.39, 0.29) is 0 Å². The molecule has 0 bridgehead atoms. The Morgan fingerprint density at radius 3 is 3.36 bits per heavy atom. The minimum atomic E-state index is 0.684. The molecule has 1 N–H and O–H groups in total. The number of likely N-dealkylation sites (N-methyl/N-ethyl adjacent to an activating group) is 1. The SMILES string of the molecule is CCN1CCCC1CNc1nncs1. The summed E-state index contributed by atoms with van der Waals surface area (Å²) >= 11 is 1.56. The fraction of sp³-hybridized carbons (Fsp3) is 0.778. The van der Waals surface area contributed by atoms with Crippen LogP contribution >= 0.6 is 11.3 Å². The standard InChI is InChI=1S/C9H16N4S/c1-2-13-5-3-4-8(13)6-10-9-12-11-7-14-9/h7-8H,2-6H2,1H3,(H,10,12). The lowest BCUT2D eigenvalue weighted by Gasteiger charge is -2.22. The predicted octanol–water partition coefficient (Wildman–Crippen LogP) is 1.43. The molecule has 0 amide bonds. The van der Waals surface area contributed by atoms with Crippen molar-refractivity contribution in [3.05, 3.63) is 5.51 Å². The van der Waals surface area contributed by atoms with E-state index in [0.717, 1.165) is 18.2 Å². The van der Waals surface area contributed by atoms with Gasteiger partial charge >= 0.3 is 0 Å². The molecule has 0 radical (unpaired) electrons. The normalized spacial score (nSPS) is 22.8. The fourth-order valence-electron chi connectivity index (χ4n) is 2.00. The summed E-state index contributed by atoms with van der Waals surface area (Å²) in [4.78, 5) is 2.52. The second-order valence-corrected chi connectivity index (χ2v) is 4.38. The maximum atomic E-state index is 3.97. The summed E-state index contributed by atoms with van der Waals surface area (Å²) in [6.07, 6.45) is 2.63. The molecule has 5 heteroatoms. The van der Waals surface area contributed by atoms with E-state index in [9.17, 15) is 0 Å². The summed E-state index contributed by atoms with van der Waals surface area (Å²) in [6, 6.07) is 0.684. The third-order valence-corrected chi connectivity index (χ3v) is 3.40. The van der Waals surface area contributed by atoms with Crippen LogP contribution in [0.2, 0.25) is 0 Å². The Balaban J connectivity index is 1.80. The van der Waals surface area contributed by atoms with Crippen LogP contribution in [0.4, 0.5) is 5.13 Å². The number of hydrogen-bond acceptors (Lipinski definition) is 5. The van der Waals surface area contributed by atoms with Gasteiger partial charge in [-0.15, -0.1) is 10.2 Å². The van der Waals surface area contributed by atoms with Crippen LogP contribution < -0.4 is 5.32 Å². The number of likely N-dealkylation sites (tertiary alicyclic amines) is 1. The Bertz CT molecular complexity index is 262. The molecule has 14 heavy (non-hydrogen) atoms. The van der Waals surface area contributed by atoms with Gasteiger partial charge in [0.2, 0.25) is 5.13 Å². The highest BCUT2D eigenvalue weighted by Crippen LogP contribution is 2.17. The topological polar surface area (TPSA) is 41.0 Å². The molecule has 0 saturated carbocycles. The molecule has 0 aromatic carbocycles. The van der Waals surface area contributed by atoms with Gasteiger partial charge in [-0.3, -0.25) is 4.90 Å². The van der Waals surface area contributed by atoms with E-state index in [1.54, 1.807) is 16.8 Å². The van der Waals surface area contributed by atoms with Crippen LogP contribution in [0.15, 0.2) is 5.51 Å². The average Bonchev–Trinajstić information content (AvgIpc) is 2.85. The molecule has 1 aliphatic heterocycles. The van der Waals surface area contributed by atoms with Gasteiger partial charge < -0.3 is 5.32 Å². The Hall–Kier alpha value is -0.680. The van der Waals surface area contributed by atoms with Gasteiger partial charge in [-0.25, -0.2) is 0 Å². The molecule has 2 heterocycles. The summed E-state index contributed by atoms with van der Waals surface area (Å²) in [5, 5.41) is 12.0. The van der Waals surface area contributed by atoms with Crippen LogP contribution in [0.5, 0.6) is 0 Å². The lowest BCUT2D eigenvalue weighted by atomic mass is 10.2. The monoisotopic (exact) mass is 212 g/mol. The van der Waals surface area contributed by atoms with Gasteiger partial charge in [-0.1, -0.05) is 18.3 Å². The third kappa shape index (κ3) is 2.22. The maximum absolute atomic E-state index is 3.97. The first-order valence-electron chi connectivity index (χ1n) is 5.14. The van der Waals surface area contributed by atoms with E-state index in [0.29, 0.717) is 6.04 Å². The van der Waals surface area contributed by atoms with Gasteiger partial charge in [-0.05, 0) is 25.9 Å². The molecular weight excluding hydrogens is 196 g/mol. The van der Waals surface area contributed by atoms with Crippen LogP contribution in [0, 0.1) is 0 Å². The average molecular weight is 212 g/mol.